The van der Waals surface area contributed by atoms with Crippen molar-refractivity contribution >= 4 is 42.2 Å². The third-order valence-corrected chi connectivity index (χ3v) is 0. The van der Waals surface area contributed by atoms with Gasteiger partial charge in [-0.2, -0.15) is 0 Å². The molecule has 0 N–H and O–H groups in total. The van der Waals surface area contributed by atoms with E-state index in [2.05, 4.69) is 23.3 Å². The fourth-order valence-corrected chi connectivity index (χ4v) is 0. The molecule has 5 heavy (non-hydrogen) atoms. The SMILES string of the molecule is SS.[LiH].[Mn].[W]. The third-order valence-electron chi connectivity index (χ3n) is 0. The summed E-state index contributed by atoms with van der Waals surface area (Å²) >= 11 is 6.44. The zero-order valence-corrected chi connectivity index (χ0v) is 7.58. The molecule has 0 amide bonds. The molecule has 0 saturated heterocycles. The quantitative estimate of drug-likeness (QED) is 0.354. The maximum Gasteiger partial charge on any atom is 0 e. The van der Waals surface area contributed by atoms with Crippen LogP contribution >= 0.6 is 23.3 Å². The first-order valence-corrected chi connectivity index (χ1v) is 1.80. The topological polar surface area (TPSA) is 0 Å². The monoisotopic (exact) mass is 313 g/mol. The minimum absolute atomic E-state index is 0. The first-order valence-electron chi connectivity index (χ1n) is 0.200. The molecule has 0 aromatic carbocycles. The zero-order valence-electron chi connectivity index (χ0n) is 1.68. The standard InChI is InChI=1S/Li.Mn.H2S2.W.H/c;;1-2;;/h;;1-2H;;. The van der Waals surface area contributed by atoms with Crippen molar-refractivity contribution in [2.45, 2.75) is 0 Å². The molecule has 0 unspecified atom stereocenters. The summed E-state index contributed by atoms with van der Waals surface area (Å²) in [4.78, 5) is 0. The molecular weight excluding hydrogens is 310 g/mol. The Kier molecular flexibility index (Phi) is 162. The Morgan fingerprint density at radius 1 is 1.00 bits per heavy atom. The van der Waals surface area contributed by atoms with Crippen LogP contribution in [0.1, 0.15) is 0 Å². The normalized spacial score (nSPS) is 1.20. The largest absolute Gasteiger partial charge is 0 e. The predicted molar refractivity (Wildman–Crippen MR) is 25.1 cm³/mol. The Labute approximate surface area is 79.4 Å². The minimum Gasteiger partial charge on any atom is 0 e. The van der Waals surface area contributed by atoms with Gasteiger partial charge < -0.3 is 0 Å². The van der Waals surface area contributed by atoms with E-state index in [4.69, 9.17) is 0 Å². The minimum atomic E-state index is 0. The van der Waals surface area contributed by atoms with Crippen molar-refractivity contribution in [3.8, 4) is 0 Å². The average molecular weight is 313 g/mol. The molecule has 0 aromatic heterocycles. The van der Waals surface area contributed by atoms with Crippen molar-refractivity contribution in [3.63, 3.8) is 0 Å². The molecule has 0 bridgehead atoms. The number of thiol groups is 2. The summed E-state index contributed by atoms with van der Waals surface area (Å²) in [6.45, 7) is 0. The van der Waals surface area contributed by atoms with Crippen LogP contribution < -0.4 is 0 Å². The maximum atomic E-state index is 3.22. The molecule has 0 fully saturated rings. The summed E-state index contributed by atoms with van der Waals surface area (Å²) in [5.41, 5.74) is 0. The van der Waals surface area contributed by atoms with Crippen LogP contribution in [-0.2, 0) is 38.1 Å². The Morgan fingerprint density at radius 3 is 1.00 bits per heavy atom. The van der Waals surface area contributed by atoms with Crippen molar-refractivity contribution in [2.24, 2.45) is 0 Å². The van der Waals surface area contributed by atoms with Crippen LogP contribution in [0.15, 0.2) is 0 Å². The van der Waals surface area contributed by atoms with Crippen molar-refractivity contribution < 1.29 is 38.1 Å². The van der Waals surface area contributed by atoms with E-state index >= 15 is 0 Å². The molecule has 0 aliphatic rings. The molecule has 5 heteroatoms. The van der Waals surface area contributed by atoms with E-state index in [-0.39, 0.29) is 57.0 Å². The summed E-state index contributed by atoms with van der Waals surface area (Å²) < 4.78 is 0. The van der Waals surface area contributed by atoms with E-state index in [0.717, 1.165) is 0 Å². The number of rotatable bonds is 0. The second kappa shape index (κ2) is 31.4. The van der Waals surface area contributed by atoms with Gasteiger partial charge in [0, 0.05) is 38.1 Å². The van der Waals surface area contributed by atoms with E-state index in [9.17, 15) is 0 Å². The third kappa shape index (κ3) is 21.0. The first kappa shape index (κ1) is 25.8. The van der Waals surface area contributed by atoms with Crippen LogP contribution in [0.3, 0.4) is 0 Å². The maximum absolute atomic E-state index is 3.22. The Balaban J connectivity index is -0.00000000167. The van der Waals surface area contributed by atoms with Gasteiger partial charge in [-0.25, -0.2) is 0 Å². The smallest absolute Gasteiger partial charge is 0 e. The van der Waals surface area contributed by atoms with Crippen LogP contribution in [0.4, 0.5) is 0 Å². The van der Waals surface area contributed by atoms with Crippen LogP contribution in [0.2, 0.25) is 0 Å². The van der Waals surface area contributed by atoms with Gasteiger partial charge in [-0.3, -0.25) is 0 Å². The molecule has 0 nitrogen and oxygen atoms in total. The van der Waals surface area contributed by atoms with Gasteiger partial charge in [0.2, 0.25) is 0 Å². The van der Waals surface area contributed by atoms with E-state index in [1.54, 1.807) is 0 Å². The molecule has 0 heterocycles. The molecule has 0 spiro atoms. The van der Waals surface area contributed by atoms with Crippen molar-refractivity contribution in [1.82, 2.24) is 0 Å². The van der Waals surface area contributed by atoms with Gasteiger partial charge in [0.15, 0.2) is 0 Å². The second-order valence-electron chi connectivity index (χ2n) is 0. The second-order valence-corrected chi connectivity index (χ2v) is 0. The fourth-order valence-electron chi connectivity index (χ4n) is 0. The van der Waals surface area contributed by atoms with Crippen molar-refractivity contribution in [3.05, 3.63) is 0 Å². The van der Waals surface area contributed by atoms with E-state index in [1.165, 1.54) is 0 Å². The van der Waals surface area contributed by atoms with E-state index < -0.39 is 0 Å². The van der Waals surface area contributed by atoms with Crippen LogP contribution in [-0.4, -0.2) is 18.9 Å². The summed E-state index contributed by atoms with van der Waals surface area (Å²) in [5.74, 6) is 0. The van der Waals surface area contributed by atoms with Gasteiger partial charge in [-0.15, -0.1) is 23.3 Å². The summed E-state index contributed by atoms with van der Waals surface area (Å²) in [5, 5.41) is 0. The van der Waals surface area contributed by atoms with Gasteiger partial charge in [-0.1, -0.05) is 0 Å². The average Bonchev–Trinajstić information content (AvgIpc) is 1.00. The predicted octanol–water partition coefficient (Wildman–Crippen LogP) is 0.108. The van der Waals surface area contributed by atoms with Gasteiger partial charge in [0.05, 0.1) is 0 Å². The molecule has 0 atom stereocenters. The van der Waals surface area contributed by atoms with Crippen molar-refractivity contribution in [1.29, 1.82) is 0 Å². The van der Waals surface area contributed by atoms with Crippen LogP contribution in [0, 0.1) is 0 Å². The first-order chi connectivity index (χ1) is 1.00. The molecule has 0 aliphatic carbocycles. The molecule has 1 radical (unpaired) electrons. The summed E-state index contributed by atoms with van der Waals surface area (Å²) in [7, 11) is 0. The number of hydrogen-bond acceptors (Lipinski definition) is 2. The molecule has 0 rings (SSSR count). The van der Waals surface area contributed by atoms with E-state index in [1.807, 2.05) is 0 Å². The van der Waals surface area contributed by atoms with Gasteiger partial charge in [-0.05, 0) is 0 Å². The van der Waals surface area contributed by atoms with Gasteiger partial charge in [0.1, 0.15) is 0 Å². The Hall–Kier alpha value is 2.51. The van der Waals surface area contributed by atoms with E-state index in [0.29, 0.717) is 0 Å². The van der Waals surface area contributed by atoms with Crippen molar-refractivity contribution in [2.75, 3.05) is 0 Å². The molecule has 29 valence electrons. The Bertz CT molecular complexity index is 9.61. The molecular formula is H3LiMnS2W. The van der Waals surface area contributed by atoms with Crippen LogP contribution in [0.25, 0.3) is 0 Å². The molecule has 0 aromatic rings. The molecule has 0 aliphatic heterocycles. The zero-order chi connectivity index (χ0) is 2.00. The number of hydrogen-bond donors (Lipinski definition) is 2. The van der Waals surface area contributed by atoms with Gasteiger partial charge >= 0.3 is 18.9 Å². The summed E-state index contributed by atoms with van der Waals surface area (Å²) in [6.07, 6.45) is 0. The van der Waals surface area contributed by atoms with Crippen LogP contribution in [0.5, 0.6) is 0 Å². The fraction of sp³-hybridized carbons (Fsp3) is 0. The van der Waals surface area contributed by atoms with Gasteiger partial charge in [0.25, 0.3) is 0 Å². The Morgan fingerprint density at radius 2 is 1.00 bits per heavy atom. The summed E-state index contributed by atoms with van der Waals surface area (Å²) in [6, 6.07) is 0. The molecule has 0 saturated carbocycles.